The number of ether oxygens (including phenoxy) is 1. The first-order chi connectivity index (χ1) is 14.0. The van der Waals surface area contributed by atoms with Crippen LogP contribution in [0.5, 0.6) is 5.75 Å². The molecule has 1 heterocycles. The summed E-state index contributed by atoms with van der Waals surface area (Å²) in [5.74, 6) is 1.26. The van der Waals surface area contributed by atoms with Crippen LogP contribution in [-0.2, 0) is 11.4 Å². The van der Waals surface area contributed by atoms with E-state index in [1.165, 1.54) is 6.08 Å². The summed E-state index contributed by atoms with van der Waals surface area (Å²) >= 11 is 0. The molecule has 0 saturated carbocycles. The van der Waals surface area contributed by atoms with Gasteiger partial charge in [-0.2, -0.15) is 5.26 Å². The Labute approximate surface area is 169 Å². The number of benzene rings is 2. The minimum Gasteiger partial charge on any atom is -0.489 e. The van der Waals surface area contributed by atoms with Crippen molar-refractivity contribution in [2.75, 3.05) is 24.3 Å². The zero-order valence-electron chi connectivity index (χ0n) is 16.3. The number of carbonyl (C=O) groups is 1. The number of furan rings is 1. The molecular formula is C23H21N3O3. The minimum atomic E-state index is -0.506. The second-order valence-electron chi connectivity index (χ2n) is 6.49. The van der Waals surface area contributed by atoms with Crippen LogP contribution >= 0.6 is 0 Å². The van der Waals surface area contributed by atoms with Gasteiger partial charge in [0.1, 0.15) is 29.8 Å². The molecule has 1 aromatic heterocycles. The molecule has 3 rings (SSSR count). The van der Waals surface area contributed by atoms with Crippen molar-refractivity contribution in [1.82, 2.24) is 0 Å². The molecular weight excluding hydrogens is 366 g/mol. The lowest BCUT2D eigenvalue weighted by Gasteiger charge is -2.08. The summed E-state index contributed by atoms with van der Waals surface area (Å²) in [6, 6.07) is 22.2. The fourth-order valence-corrected chi connectivity index (χ4v) is 2.52. The first-order valence-corrected chi connectivity index (χ1v) is 9.02. The van der Waals surface area contributed by atoms with E-state index in [4.69, 9.17) is 9.15 Å². The number of anilines is 2. The first kappa shape index (κ1) is 19.8. The second-order valence-corrected chi connectivity index (χ2v) is 6.49. The van der Waals surface area contributed by atoms with E-state index in [1.807, 2.05) is 50.5 Å². The van der Waals surface area contributed by atoms with E-state index in [2.05, 4.69) is 5.32 Å². The third-order valence-electron chi connectivity index (χ3n) is 4.07. The third kappa shape index (κ3) is 5.50. The van der Waals surface area contributed by atoms with Crippen LogP contribution in [-0.4, -0.2) is 20.0 Å². The molecule has 0 aliphatic heterocycles. The average molecular weight is 387 g/mol. The molecule has 0 aliphatic rings. The molecule has 0 bridgehead atoms. The van der Waals surface area contributed by atoms with E-state index >= 15 is 0 Å². The maximum absolute atomic E-state index is 12.4. The third-order valence-corrected chi connectivity index (χ3v) is 4.07. The Bertz CT molecular complexity index is 1030. The van der Waals surface area contributed by atoms with Crippen LogP contribution in [0.15, 0.2) is 76.7 Å². The van der Waals surface area contributed by atoms with E-state index in [1.54, 1.807) is 41.3 Å². The lowest BCUT2D eigenvalue weighted by molar-refractivity contribution is -0.112. The van der Waals surface area contributed by atoms with Gasteiger partial charge < -0.3 is 19.4 Å². The molecule has 1 amide bonds. The summed E-state index contributed by atoms with van der Waals surface area (Å²) in [6.45, 7) is 0.464. The van der Waals surface area contributed by atoms with E-state index in [-0.39, 0.29) is 5.57 Å². The number of nitrogens with one attached hydrogen (secondary N) is 1. The fourth-order valence-electron chi connectivity index (χ4n) is 2.52. The molecule has 6 heteroatoms. The predicted octanol–water partition coefficient (Wildman–Crippen LogP) is 4.47. The van der Waals surface area contributed by atoms with Crippen LogP contribution in [0.4, 0.5) is 11.6 Å². The Kier molecular flexibility index (Phi) is 6.33. The number of rotatable bonds is 7. The lowest BCUT2D eigenvalue weighted by Crippen LogP contribution is -2.13. The lowest BCUT2D eigenvalue weighted by atomic mass is 10.2. The van der Waals surface area contributed by atoms with E-state index < -0.39 is 5.91 Å². The van der Waals surface area contributed by atoms with Crippen molar-refractivity contribution in [3.8, 4) is 11.8 Å². The Balaban J connectivity index is 1.61. The van der Waals surface area contributed by atoms with Crippen molar-refractivity contribution >= 4 is 23.6 Å². The van der Waals surface area contributed by atoms with Crippen molar-refractivity contribution in [2.45, 2.75) is 6.61 Å². The van der Waals surface area contributed by atoms with Gasteiger partial charge in [-0.25, -0.2) is 0 Å². The quantitative estimate of drug-likeness (QED) is 0.478. The molecule has 0 fully saturated rings. The van der Waals surface area contributed by atoms with Gasteiger partial charge in [0.15, 0.2) is 5.88 Å². The standard InChI is InChI=1S/C23H21N3O3/c1-26(2)22-13-12-21(29-22)14-18(15-24)23(27)25-19-8-10-20(11-9-19)28-16-17-6-4-3-5-7-17/h3-14H,16H2,1-2H3,(H,25,27)/b18-14+. The smallest absolute Gasteiger partial charge is 0.266 e. The summed E-state index contributed by atoms with van der Waals surface area (Å²) < 4.78 is 11.3. The zero-order chi connectivity index (χ0) is 20.6. The highest BCUT2D eigenvalue weighted by Crippen LogP contribution is 2.20. The van der Waals surface area contributed by atoms with E-state index in [0.29, 0.717) is 29.7 Å². The van der Waals surface area contributed by atoms with Gasteiger partial charge in [-0.15, -0.1) is 0 Å². The number of carbonyl (C=O) groups excluding carboxylic acids is 1. The SMILES string of the molecule is CN(C)c1ccc(/C=C(\C#N)C(=O)Nc2ccc(OCc3ccccc3)cc2)o1. The van der Waals surface area contributed by atoms with Crippen LogP contribution in [0, 0.1) is 11.3 Å². The van der Waals surface area contributed by atoms with Gasteiger partial charge >= 0.3 is 0 Å². The summed E-state index contributed by atoms with van der Waals surface area (Å²) in [5, 5.41) is 12.0. The van der Waals surface area contributed by atoms with Crippen molar-refractivity contribution < 1.29 is 13.9 Å². The van der Waals surface area contributed by atoms with Gasteiger partial charge in [-0.1, -0.05) is 30.3 Å². The first-order valence-electron chi connectivity index (χ1n) is 9.02. The van der Waals surface area contributed by atoms with Crippen LogP contribution < -0.4 is 15.0 Å². The van der Waals surface area contributed by atoms with Gasteiger partial charge in [0.2, 0.25) is 0 Å². The molecule has 0 aliphatic carbocycles. The Hall–Kier alpha value is -3.98. The van der Waals surface area contributed by atoms with Gasteiger partial charge in [-0.05, 0) is 35.9 Å². The molecule has 1 N–H and O–H groups in total. The number of hydrogen-bond donors (Lipinski definition) is 1. The Morgan fingerprint density at radius 1 is 1.10 bits per heavy atom. The predicted molar refractivity (Wildman–Crippen MR) is 112 cm³/mol. The molecule has 0 saturated heterocycles. The van der Waals surface area contributed by atoms with Crippen LogP contribution in [0.2, 0.25) is 0 Å². The second kappa shape index (κ2) is 9.29. The van der Waals surface area contributed by atoms with Gasteiger partial charge in [0.25, 0.3) is 5.91 Å². The Morgan fingerprint density at radius 2 is 1.83 bits per heavy atom. The maximum atomic E-state index is 12.4. The topological polar surface area (TPSA) is 78.5 Å². The largest absolute Gasteiger partial charge is 0.489 e. The fraction of sp³-hybridized carbons (Fsp3) is 0.130. The van der Waals surface area contributed by atoms with Crippen molar-refractivity contribution in [3.63, 3.8) is 0 Å². The number of amides is 1. The van der Waals surface area contributed by atoms with Gasteiger partial charge in [0.05, 0.1) is 0 Å². The number of hydrogen-bond acceptors (Lipinski definition) is 5. The Morgan fingerprint density at radius 3 is 2.45 bits per heavy atom. The number of nitrogens with zero attached hydrogens (tertiary/aromatic N) is 2. The van der Waals surface area contributed by atoms with Crippen molar-refractivity contribution in [3.05, 3.63) is 83.6 Å². The average Bonchev–Trinajstić information content (AvgIpc) is 3.21. The molecule has 29 heavy (non-hydrogen) atoms. The summed E-state index contributed by atoms with van der Waals surface area (Å²) in [5.41, 5.74) is 1.59. The molecule has 146 valence electrons. The van der Waals surface area contributed by atoms with Crippen LogP contribution in [0.3, 0.4) is 0 Å². The molecule has 6 nitrogen and oxygen atoms in total. The van der Waals surface area contributed by atoms with Crippen LogP contribution in [0.25, 0.3) is 6.08 Å². The van der Waals surface area contributed by atoms with E-state index in [9.17, 15) is 10.1 Å². The summed E-state index contributed by atoms with van der Waals surface area (Å²) in [6.07, 6.45) is 1.42. The zero-order valence-corrected chi connectivity index (χ0v) is 16.3. The molecule has 3 aromatic rings. The maximum Gasteiger partial charge on any atom is 0.266 e. The highest BCUT2D eigenvalue weighted by Gasteiger charge is 2.11. The minimum absolute atomic E-state index is 0.0472. The molecule has 0 atom stereocenters. The molecule has 0 radical (unpaired) electrons. The number of nitriles is 1. The highest BCUT2D eigenvalue weighted by atomic mass is 16.5. The summed E-state index contributed by atoms with van der Waals surface area (Å²) in [7, 11) is 3.69. The van der Waals surface area contributed by atoms with Crippen molar-refractivity contribution in [1.29, 1.82) is 5.26 Å². The van der Waals surface area contributed by atoms with Crippen molar-refractivity contribution in [2.24, 2.45) is 0 Å². The summed E-state index contributed by atoms with van der Waals surface area (Å²) in [4.78, 5) is 14.2. The van der Waals surface area contributed by atoms with Crippen LogP contribution in [0.1, 0.15) is 11.3 Å². The molecule has 2 aromatic carbocycles. The normalized spacial score (nSPS) is 10.9. The van der Waals surface area contributed by atoms with E-state index in [0.717, 1.165) is 5.56 Å². The molecule has 0 spiro atoms. The monoisotopic (exact) mass is 387 g/mol. The van der Waals surface area contributed by atoms with Gasteiger partial charge in [0, 0.05) is 31.9 Å². The van der Waals surface area contributed by atoms with Gasteiger partial charge in [-0.3, -0.25) is 4.79 Å². The highest BCUT2D eigenvalue weighted by molar-refractivity contribution is 6.09. The molecule has 0 unspecified atom stereocenters.